The van der Waals surface area contributed by atoms with Gasteiger partial charge in [-0.25, -0.2) is 0 Å². The minimum Gasteiger partial charge on any atom is -0.316 e. The van der Waals surface area contributed by atoms with Crippen LogP contribution in [0.2, 0.25) is 0 Å². The molecular formula is C15H22IN. The summed E-state index contributed by atoms with van der Waals surface area (Å²) in [7, 11) is 2.11. The molecule has 1 nitrogen and oxygen atoms in total. The number of nitrogens with one attached hydrogen (secondary N) is 1. The molecule has 1 aromatic rings. The van der Waals surface area contributed by atoms with Gasteiger partial charge in [-0.1, -0.05) is 26.0 Å². The topological polar surface area (TPSA) is 12.0 Å². The Balaban J connectivity index is 2.25. The van der Waals surface area contributed by atoms with Crippen molar-refractivity contribution in [2.24, 2.45) is 5.41 Å². The van der Waals surface area contributed by atoms with Gasteiger partial charge < -0.3 is 5.32 Å². The fourth-order valence-electron chi connectivity index (χ4n) is 3.59. The van der Waals surface area contributed by atoms with Gasteiger partial charge in [0.15, 0.2) is 0 Å². The van der Waals surface area contributed by atoms with Crippen LogP contribution in [-0.4, -0.2) is 13.1 Å². The Morgan fingerprint density at radius 1 is 1.24 bits per heavy atom. The average molecular weight is 343 g/mol. The second-order valence-electron chi connectivity index (χ2n) is 5.12. The normalized spacial score (nSPS) is 26.6. The van der Waals surface area contributed by atoms with E-state index in [-0.39, 0.29) is 0 Å². The molecule has 1 aromatic carbocycles. The molecule has 94 valence electrons. The summed E-state index contributed by atoms with van der Waals surface area (Å²) in [6, 6.07) is 9.80. The Bertz CT molecular complexity index is 367. The van der Waals surface area contributed by atoms with E-state index in [0.717, 1.165) is 5.92 Å². The molecule has 17 heavy (non-hydrogen) atoms. The van der Waals surface area contributed by atoms with Crippen LogP contribution in [0.4, 0.5) is 0 Å². The third-order valence-electron chi connectivity index (χ3n) is 4.80. The van der Waals surface area contributed by atoms with Crippen LogP contribution < -0.4 is 5.32 Å². The molecule has 0 aromatic heterocycles. The van der Waals surface area contributed by atoms with Gasteiger partial charge in [0.1, 0.15) is 0 Å². The Labute approximate surface area is 119 Å². The first-order valence-corrected chi connectivity index (χ1v) is 7.68. The van der Waals surface area contributed by atoms with Gasteiger partial charge in [0.05, 0.1) is 0 Å². The maximum absolute atomic E-state index is 3.50. The lowest BCUT2D eigenvalue weighted by Gasteiger charge is -2.56. The van der Waals surface area contributed by atoms with Gasteiger partial charge >= 0.3 is 0 Å². The van der Waals surface area contributed by atoms with Crippen molar-refractivity contribution in [2.45, 2.75) is 45.1 Å². The highest BCUT2D eigenvalue weighted by atomic mass is 127. The van der Waals surface area contributed by atoms with Gasteiger partial charge in [0.25, 0.3) is 0 Å². The molecule has 2 rings (SSSR count). The standard InChI is InChI=1S/C15H22IN/c1-4-15(5-2)13(10-14(15)17-3)11-6-8-12(16)9-7-11/h6-9,13-14,17H,4-5,10H2,1-3H3. The molecular weight excluding hydrogens is 321 g/mol. The fraction of sp³-hybridized carbons (Fsp3) is 0.600. The largest absolute Gasteiger partial charge is 0.316 e. The van der Waals surface area contributed by atoms with Crippen LogP contribution in [0.15, 0.2) is 24.3 Å². The highest BCUT2D eigenvalue weighted by Crippen LogP contribution is 2.57. The number of rotatable bonds is 4. The molecule has 1 aliphatic rings. The second kappa shape index (κ2) is 5.27. The molecule has 0 spiro atoms. The van der Waals surface area contributed by atoms with E-state index in [1.54, 1.807) is 0 Å². The van der Waals surface area contributed by atoms with Gasteiger partial charge in [-0.05, 0) is 77.9 Å². The van der Waals surface area contributed by atoms with E-state index in [1.807, 2.05) is 0 Å². The Hall–Kier alpha value is -0.0900. The molecule has 1 aliphatic carbocycles. The van der Waals surface area contributed by atoms with Gasteiger partial charge in [0.2, 0.25) is 0 Å². The Kier molecular flexibility index (Phi) is 4.14. The second-order valence-corrected chi connectivity index (χ2v) is 6.37. The summed E-state index contributed by atoms with van der Waals surface area (Å²) in [5.74, 6) is 0.743. The fourth-order valence-corrected chi connectivity index (χ4v) is 3.95. The minimum atomic E-state index is 0.474. The lowest BCUT2D eigenvalue weighted by atomic mass is 9.52. The summed E-state index contributed by atoms with van der Waals surface area (Å²) in [5.41, 5.74) is 2.00. The van der Waals surface area contributed by atoms with E-state index in [9.17, 15) is 0 Å². The molecule has 1 N–H and O–H groups in total. The molecule has 2 unspecified atom stereocenters. The molecule has 1 saturated carbocycles. The van der Waals surface area contributed by atoms with Crippen molar-refractivity contribution >= 4 is 22.6 Å². The molecule has 0 bridgehead atoms. The van der Waals surface area contributed by atoms with Gasteiger partial charge in [-0.2, -0.15) is 0 Å². The summed E-state index contributed by atoms with van der Waals surface area (Å²) < 4.78 is 1.33. The van der Waals surface area contributed by atoms with Crippen LogP contribution in [0.3, 0.4) is 0 Å². The molecule has 0 aliphatic heterocycles. The lowest BCUT2D eigenvalue weighted by Crippen LogP contribution is -2.57. The first-order valence-electron chi connectivity index (χ1n) is 6.60. The molecule has 2 atom stereocenters. The summed E-state index contributed by atoms with van der Waals surface area (Å²) in [4.78, 5) is 0. The van der Waals surface area contributed by atoms with Gasteiger partial charge in [-0.15, -0.1) is 0 Å². The monoisotopic (exact) mass is 343 g/mol. The first-order chi connectivity index (χ1) is 8.17. The predicted molar refractivity (Wildman–Crippen MR) is 82.4 cm³/mol. The van der Waals surface area contributed by atoms with Crippen molar-refractivity contribution in [1.82, 2.24) is 5.32 Å². The molecule has 2 heteroatoms. The van der Waals surface area contributed by atoms with Crippen molar-refractivity contribution in [2.75, 3.05) is 7.05 Å². The number of hydrogen-bond acceptors (Lipinski definition) is 1. The summed E-state index contributed by atoms with van der Waals surface area (Å²) >= 11 is 2.38. The predicted octanol–water partition coefficient (Wildman–Crippen LogP) is 4.17. The Morgan fingerprint density at radius 3 is 2.29 bits per heavy atom. The third kappa shape index (κ3) is 2.14. The summed E-state index contributed by atoms with van der Waals surface area (Å²) in [6.45, 7) is 4.68. The van der Waals surface area contributed by atoms with Crippen molar-refractivity contribution < 1.29 is 0 Å². The van der Waals surface area contributed by atoms with E-state index in [1.165, 1.54) is 28.4 Å². The average Bonchev–Trinajstić information content (AvgIpc) is 2.33. The molecule has 0 saturated heterocycles. The van der Waals surface area contributed by atoms with Crippen LogP contribution in [0.25, 0.3) is 0 Å². The highest BCUT2D eigenvalue weighted by Gasteiger charge is 2.51. The summed E-state index contributed by atoms with van der Waals surface area (Å²) in [6.07, 6.45) is 3.83. The number of benzene rings is 1. The molecule has 0 amide bonds. The van der Waals surface area contributed by atoms with E-state index in [2.05, 4.69) is 73.1 Å². The Morgan fingerprint density at radius 2 is 1.82 bits per heavy atom. The van der Waals surface area contributed by atoms with Crippen LogP contribution in [0, 0.1) is 8.99 Å². The maximum atomic E-state index is 3.50. The van der Waals surface area contributed by atoms with Crippen LogP contribution >= 0.6 is 22.6 Å². The van der Waals surface area contributed by atoms with Crippen molar-refractivity contribution in [3.05, 3.63) is 33.4 Å². The van der Waals surface area contributed by atoms with Crippen LogP contribution in [0.1, 0.15) is 44.6 Å². The molecule has 1 fully saturated rings. The lowest BCUT2D eigenvalue weighted by molar-refractivity contribution is 0.0245. The van der Waals surface area contributed by atoms with E-state index < -0.39 is 0 Å². The number of halogens is 1. The quantitative estimate of drug-likeness (QED) is 0.809. The van der Waals surface area contributed by atoms with E-state index in [0.29, 0.717) is 11.5 Å². The van der Waals surface area contributed by atoms with Crippen molar-refractivity contribution in [1.29, 1.82) is 0 Å². The minimum absolute atomic E-state index is 0.474. The third-order valence-corrected chi connectivity index (χ3v) is 5.52. The van der Waals surface area contributed by atoms with Crippen molar-refractivity contribution in [3.63, 3.8) is 0 Å². The maximum Gasteiger partial charge on any atom is 0.0132 e. The van der Waals surface area contributed by atoms with Crippen molar-refractivity contribution in [3.8, 4) is 0 Å². The number of hydrogen-bond donors (Lipinski definition) is 1. The zero-order valence-electron chi connectivity index (χ0n) is 11.0. The highest BCUT2D eigenvalue weighted by molar-refractivity contribution is 14.1. The van der Waals surface area contributed by atoms with Gasteiger partial charge in [-0.3, -0.25) is 0 Å². The zero-order chi connectivity index (χ0) is 12.5. The first kappa shape index (κ1) is 13.3. The van der Waals surface area contributed by atoms with Gasteiger partial charge in [0, 0.05) is 9.61 Å². The SMILES string of the molecule is CCC1(CC)C(NC)CC1c1ccc(I)cc1. The summed E-state index contributed by atoms with van der Waals surface area (Å²) in [5, 5.41) is 3.50. The molecule has 0 heterocycles. The van der Waals surface area contributed by atoms with Crippen LogP contribution in [-0.2, 0) is 0 Å². The van der Waals surface area contributed by atoms with E-state index >= 15 is 0 Å². The van der Waals surface area contributed by atoms with E-state index in [4.69, 9.17) is 0 Å². The smallest absolute Gasteiger partial charge is 0.0132 e. The molecule has 0 radical (unpaired) electrons. The van der Waals surface area contributed by atoms with Crippen LogP contribution in [0.5, 0.6) is 0 Å². The zero-order valence-corrected chi connectivity index (χ0v) is 13.1.